The van der Waals surface area contributed by atoms with Gasteiger partial charge in [0, 0.05) is 24.2 Å². The molecule has 1 fully saturated rings. The van der Waals surface area contributed by atoms with Crippen molar-refractivity contribution in [3.05, 3.63) is 83.0 Å². The van der Waals surface area contributed by atoms with Crippen molar-refractivity contribution < 1.29 is 14.3 Å². The minimum absolute atomic E-state index is 0.153. The van der Waals surface area contributed by atoms with E-state index in [4.69, 9.17) is 16.3 Å². The van der Waals surface area contributed by atoms with Gasteiger partial charge in [0.25, 0.3) is 0 Å². The molecular formula is C24H21ClN2O3. The highest BCUT2D eigenvalue weighted by Crippen LogP contribution is 2.37. The van der Waals surface area contributed by atoms with E-state index in [1.165, 1.54) is 0 Å². The zero-order valence-corrected chi connectivity index (χ0v) is 17.2. The van der Waals surface area contributed by atoms with Crippen LogP contribution in [0.15, 0.2) is 66.9 Å². The van der Waals surface area contributed by atoms with Crippen LogP contribution in [0.4, 0.5) is 0 Å². The standard InChI is InChI=1S/C24H21ClN2O3/c1-15(30-22-7-2-3-14-26-22)16-8-10-17(11-9-16)18-5-4-6-19(23(18)25)20-12-13-21(28)27-24(20)29/h2-11,14-15,20H,12-13H2,1H3,(H,27,28,29). The summed E-state index contributed by atoms with van der Waals surface area (Å²) in [6.45, 7) is 1.97. The van der Waals surface area contributed by atoms with Gasteiger partial charge in [0.15, 0.2) is 0 Å². The van der Waals surface area contributed by atoms with Crippen LogP contribution in [-0.4, -0.2) is 16.8 Å². The fourth-order valence-electron chi connectivity index (χ4n) is 3.63. The molecule has 4 rings (SSSR count). The second kappa shape index (κ2) is 8.67. The van der Waals surface area contributed by atoms with Gasteiger partial charge in [-0.3, -0.25) is 14.9 Å². The van der Waals surface area contributed by atoms with Crippen LogP contribution in [0.5, 0.6) is 5.88 Å². The summed E-state index contributed by atoms with van der Waals surface area (Å²) in [5.74, 6) is -0.363. The molecule has 3 aromatic rings. The first kappa shape index (κ1) is 20.1. The molecule has 2 heterocycles. The maximum absolute atomic E-state index is 12.3. The monoisotopic (exact) mass is 420 g/mol. The van der Waals surface area contributed by atoms with E-state index in [0.717, 1.165) is 22.3 Å². The number of ether oxygens (including phenoxy) is 1. The number of nitrogens with one attached hydrogen (secondary N) is 1. The number of nitrogens with zero attached hydrogens (tertiary/aromatic N) is 1. The van der Waals surface area contributed by atoms with E-state index in [1.807, 2.05) is 67.6 Å². The van der Waals surface area contributed by atoms with Gasteiger partial charge in [0.2, 0.25) is 17.7 Å². The first-order chi connectivity index (χ1) is 14.5. The van der Waals surface area contributed by atoms with E-state index >= 15 is 0 Å². The SMILES string of the molecule is CC(Oc1ccccn1)c1ccc(-c2cccc(C3CCC(=O)NC3=O)c2Cl)cc1. The average Bonchev–Trinajstić information content (AvgIpc) is 2.75. The molecule has 6 heteroatoms. The first-order valence-corrected chi connectivity index (χ1v) is 10.2. The third-order valence-electron chi connectivity index (χ3n) is 5.27. The summed E-state index contributed by atoms with van der Waals surface area (Å²) in [5, 5.41) is 2.94. The van der Waals surface area contributed by atoms with Crippen molar-refractivity contribution in [3.8, 4) is 17.0 Å². The number of piperidine rings is 1. The molecule has 2 unspecified atom stereocenters. The van der Waals surface area contributed by atoms with Gasteiger partial charge in [-0.1, -0.05) is 60.1 Å². The highest BCUT2D eigenvalue weighted by molar-refractivity contribution is 6.34. The fourth-order valence-corrected chi connectivity index (χ4v) is 4.00. The molecule has 0 radical (unpaired) electrons. The molecule has 0 spiro atoms. The average molecular weight is 421 g/mol. The third kappa shape index (κ3) is 4.21. The molecule has 30 heavy (non-hydrogen) atoms. The molecule has 0 bridgehead atoms. The van der Waals surface area contributed by atoms with Crippen LogP contribution < -0.4 is 10.1 Å². The van der Waals surface area contributed by atoms with Gasteiger partial charge in [-0.25, -0.2) is 4.98 Å². The lowest BCUT2D eigenvalue weighted by atomic mass is 9.88. The van der Waals surface area contributed by atoms with Crippen molar-refractivity contribution in [2.24, 2.45) is 0 Å². The van der Waals surface area contributed by atoms with Gasteiger partial charge in [0.1, 0.15) is 6.10 Å². The molecule has 5 nitrogen and oxygen atoms in total. The Labute approximate surface area is 180 Å². The number of carbonyl (C=O) groups excluding carboxylic acids is 2. The zero-order chi connectivity index (χ0) is 21.1. The van der Waals surface area contributed by atoms with Crippen molar-refractivity contribution in [3.63, 3.8) is 0 Å². The summed E-state index contributed by atoms with van der Waals surface area (Å²) in [6, 6.07) is 19.2. The van der Waals surface area contributed by atoms with Crippen molar-refractivity contribution in [2.45, 2.75) is 31.8 Å². The largest absolute Gasteiger partial charge is 0.470 e. The van der Waals surface area contributed by atoms with Crippen molar-refractivity contribution in [1.29, 1.82) is 0 Å². The summed E-state index contributed by atoms with van der Waals surface area (Å²) in [7, 11) is 0. The predicted molar refractivity (Wildman–Crippen MR) is 115 cm³/mol. The quantitative estimate of drug-likeness (QED) is 0.585. The van der Waals surface area contributed by atoms with Crippen LogP contribution in [0.3, 0.4) is 0 Å². The van der Waals surface area contributed by atoms with E-state index < -0.39 is 5.92 Å². The number of imide groups is 1. The van der Waals surface area contributed by atoms with Gasteiger partial charge in [-0.2, -0.15) is 0 Å². The summed E-state index contributed by atoms with van der Waals surface area (Å²) in [6.07, 6.45) is 2.33. The van der Waals surface area contributed by atoms with E-state index in [0.29, 0.717) is 23.7 Å². The van der Waals surface area contributed by atoms with Crippen molar-refractivity contribution in [2.75, 3.05) is 0 Å². The summed E-state index contributed by atoms with van der Waals surface area (Å²) in [4.78, 5) is 27.9. The van der Waals surface area contributed by atoms with Crippen LogP contribution >= 0.6 is 11.6 Å². The number of benzene rings is 2. The maximum atomic E-state index is 12.3. The van der Waals surface area contributed by atoms with Gasteiger partial charge in [0.05, 0.1) is 10.9 Å². The second-order valence-corrected chi connectivity index (χ2v) is 7.64. The van der Waals surface area contributed by atoms with E-state index in [-0.39, 0.29) is 17.9 Å². The normalized spacial score (nSPS) is 17.3. The number of hydrogen-bond acceptors (Lipinski definition) is 4. The van der Waals surface area contributed by atoms with Crippen molar-refractivity contribution >= 4 is 23.4 Å². The Bertz CT molecular complexity index is 1070. The Morgan fingerprint density at radius 3 is 2.57 bits per heavy atom. The van der Waals surface area contributed by atoms with E-state index in [1.54, 1.807) is 6.20 Å². The maximum Gasteiger partial charge on any atom is 0.234 e. The Morgan fingerprint density at radius 2 is 1.87 bits per heavy atom. The highest BCUT2D eigenvalue weighted by atomic mass is 35.5. The fraction of sp³-hybridized carbons (Fsp3) is 0.208. The van der Waals surface area contributed by atoms with Gasteiger partial charge in [-0.05, 0) is 36.1 Å². The lowest BCUT2D eigenvalue weighted by Gasteiger charge is -2.23. The molecule has 1 aromatic heterocycles. The van der Waals surface area contributed by atoms with Crippen LogP contribution in [0.2, 0.25) is 5.02 Å². The van der Waals surface area contributed by atoms with E-state index in [2.05, 4.69) is 10.3 Å². The number of aromatic nitrogens is 1. The highest BCUT2D eigenvalue weighted by Gasteiger charge is 2.30. The lowest BCUT2D eigenvalue weighted by Crippen LogP contribution is -2.39. The number of pyridine rings is 1. The molecular weight excluding hydrogens is 400 g/mol. The number of carbonyl (C=O) groups is 2. The third-order valence-corrected chi connectivity index (χ3v) is 5.69. The Morgan fingerprint density at radius 1 is 1.07 bits per heavy atom. The molecule has 2 atom stereocenters. The van der Waals surface area contributed by atoms with Gasteiger partial charge >= 0.3 is 0 Å². The molecule has 1 saturated heterocycles. The Hall–Kier alpha value is -3.18. The van der Waals surface area contributed by atoms with E-state index in [9.17, 15) is 9.59 Å². The predicted octanol–water partition coefficient (Wildman–Crippen LogP) is 5.06. The summed E-state index contributed by atoms with van der Waals surface area (Å²) in [5.41, 5.74) is 3.56. The minimum Gasteiger partial charge on any atom is -0.470 e. The number of amides is 2. The molecule has 1 aliphatic rings. The molecule has 0 aliphatic carbocycles. The first-order valence-electron chi connectivity index (χ1n) is 9.83. The molecule has 152 valence electrons. The van der Waals surface area contributed by atoms with Gasteiger partial charge < -0.3 is 4.74 Å². The van der Waals surface area contributed by atoms with Crippen LogP contribution in [-0.2, 0) is 9.59 Å². The summed E-state index contributed by atoms with van der Waals surface area (Å²) < 4.78 is 5.88. The molecule has 0 saturated carbocycles. The number of hydrogen-bond donors (Lipinski definition) is 1. The summed E-state index contributed by atoms with van der Waals surface area (Å²) >= 11 is 6.69. The van der Waals surface area contributed by atoms with Gasteiger partial charge in [-0.15, -0.1) is 0 Å². The second-order valence-electron chi connectivity index (χ2n) is 7.26. The van der Waals surface area contributed by atoms with Crippen molar-refractivity contribution in [1.82, 2.24) is 10.3 Å². The zero-order valence-electron chi connectivity index (χ0n) is 16.5. The molecule has 1 N–H and O–H groups in total. The molecule has 2 aromatic carbocycles. The molecule has 1 aliphatic heterocycles. The lowest BCUT2D eigenvalue weighted by molar-refractivity contribution is -0.134. The minimum atomic E-state index is -0.416. The topological polar surface area (TPSA) is 68.3 Å². The van der Waals surface area contributed by atoms with Crippen LogP contribution in [0.25, 0.3) is 11.1 Å². The smallest absolute Gasteiger partial charge is 0.234 e. The Balaban J connectivity index is 1.56. The van der Waals surface area contributed by atoms with Crippen LogP contribution in [0.1, 0.15) is 42.9 Å². The number of halogens is 1. The Kier molecular flexibility index (Phi) is 5.81. The molecule has 2 amide bonds. The number of rotatable bonds is 5. The van der Waals surface area contributed by atoms with Crippen LogP contribution in [0, 0.1) is 0 Å².